The lowest BCUT2D eigenvalue weighted by atomic mass is 10.1. The third kappa shape index (κ3) is 7.06. The summed E-state index contributed by atoms with van der Waals surface area (Å²) in [5.41, 5.74) is 0. The van der Waals surface area contributed by atoms with E-state index >= 15 is 0 Å². The number of hydrogen-bond donors (Lipinski definition) is 0. The zero-order valence-electron chi connectivity index (χ0n) is 10.8. The Morgan fingerprint density at radius 2 is 2.00 bits per heavy atom. The lowest BCUT2D eigenvalue weighted by molar-refractivity contribution is 0.339. The van der Waals surface area contributed by atoms with Crippen LogP contribution in [0.2, 0.25) is 0 Å². The second kappa shape index (κ2) is 8.58. The SMILES string of the molecule is CCCCCCCCS(=O)(=O)ON=C1C=CCS1. The summed E-state index contributed by atoms with van der Waals surface area (Å²) in [7, 11) is -3.50. The highest BCUT2D eigenvalue weighted by Gasteiger charge is 2.12. The molecule has 4 nitrogen and oxygen atoms in total. The van der Waals surface area contributed by atoms with Gasteiger partial charge in [-0.3, -0.25) is 4.28 Å². The van der Waals surface area contributed by atoms with Crippen molar-refractivity contribution in [1.29, 1.82) is 0 Å². The molecule has 18 heavy (non-hydrogen) atoms. The van der Waals surface area contributed by atoms with Crippen molar-refractivity contribution in [2.24, 2.45) is 5.16 Å². The molecule has 0 aromatic heterocycles. The third-order valence-electron chi connectivity index (χ3n) is 2.58. The van der Waals surface area contributed by atoms with Gasteiger partial charge in [-0.2, -0.15) is 8.42 Å². The van der Waals surface area contributed by atoms with Gasteiger partial charge in [-0.25, -0.2) is 0 Å². The van der Waals surface area contributed by atoms with Crippen LogP contribution >= 0.6 is 11.8 Å². The van der Waals surface area contributed by atoms with Crippen LogP contribution in [-0.2, 0) is 14.4 Å². The van der Waals surface area contributed by atoms with Crippen molar-refractivity contribution in [1.82, 2.24) is 0 Å². The molecular weight excluding hydrogens is 270 g/mol. The van der Waals surface area contributed by atoms with E-state index in [1.54, 1.807) is 6.08 Å². The predicted molar refractivity (Wildman–Crippen MR) is 77.3 cm³/mol. The number of thioether (sulfide) groups is 1. The van der Waals surface area contributed by atoms with Crippen molar-refractivity contribution in [3.05, 3.63) is 12.2 Å². The molecule has 0 spiro atoms. The number of nitrogens with zero attached hydrogens (tertiary/aromatic N) is 1. The van der Waals surface area contributed by atoms with E-state index in [4.69, 9.17) is 0 Å². The van der Waals surface area contributed by atoms with E-state index in [1.807, 2.05) is 6.08 Å². The Labute approximate surface area is 114 Å². The van der Waals surface area contributed by atoms with Gasteiger partial charge in [-0.1, -0.05) is 62.0 Å². The van der Waals surface area contributed by atoms with Crippen molar-refractivity contribution in [2.45, 2.75) is 45.4 Å². The van der Waals surface area contributed by atoms with Gasteiger partial charge >= 0.3 is 10.1 Å². The molecule has 0 radical (unpaired) electrons. The number of oxime groups is 1. The minimum Gasteiger partial charge on any atom is -0.267 e. The van der Waals surface area contributed by atoms with Crippen molar-refractivity contribution >= 4 is 26.9 Å². The molecule has 1 aliphatic heterocycles. The molecule has 0 saturated carbocycles. The summed E-state index contributed by atoms with van der Waals surface area (Å²) >= 11 is 1.47. The molecule has 0 N–H and O–H groups in total. The van der Waals surface area contributed by atoms with Crippen LogP contribution in [-0.4, -0.2) is 25.0 Å². The van der Waals surface area contributed by atoms with Crippen LogP contribution in [0.25, 0.3) is 0 Å². The van der Waals surface area contributed by atoms with Crippen LogP contribution in [0.5, 0.6) is 0 Å². The Kier molecular flexibility index (Phi) is 7.42. The number of hydrogen-bond acceptors (Lipinski definition) is 5. The molecule has 0 fully saturated rings. The van der Waals surface area contributed by atoms with Gasteiger partial charge in [0.1, 0.15) is 5.04 Å². The van der Waals surface area contributed by atoms with Gasteiger partial charge in [0.2, 0.25) is 0 Å². The van der Waals surface area contributed by atoms with Crippen molar-refractivity contribution in [3.8, 4) is 0 Å². The van der Waals surface area contributed by atoms with E-state index < -0.39 is 10.1 Å². The van der Waals surface area contributed by atoms with Gasteiger partial charge < -0.3 is 0 Å². The minimum atomic E-state index is -3.50. The maximum absolute atomic E-state index is 11.5. The van der Waals surface area contributed by atoms with E-state index in [2.05, 4.69) is 16.4 Å². The summed E-state index contributed by atoms with van der Waals surface area (Å²) in [6.07, 6.45) is 9.98. The summed E-state index contributed by atoms with van der Waals surface area (Å²) < 4.78 is 27.7. The van der Waals surface area contributed by atoms with Gasteiger partial charge in [0.25, 0.3) is 0 Å². The second-order valence-corrected chi connectivity index (χ2v) is 6.96. The first-order chi connectivity index (χ1) is 8.64. The fourth-order valence-electron chi connectivity index (χ4n) is 1.58. The van der Waals surface area contributed by atoms with Crippen molar-refractivity contribution < 1.29 is 12.7 Å². The van der Waals surface area contributed by atoms with Crippen LogP contribution in [0.3, 0.4) is 0 Å². The lowest BCUT2D eigenvalue weighted by Gasteiger charge is -2.02. The summed E-state index contributed by atoms with van der Waals surface area (Å²) in [6.45, 7) is 2.16. The molecule has 0 atom stereocenters. The highest BCUT2D eigenvalue weighted by molar-refractivity contribution is 8.14. The molecule has 1 aliphatic rings. The quantitative estimate of drug-likeness (QED) is 0.483. The molecule has 0 saturated heterocycles. The third-order valence-corrected chi connectivity index (χ3v) is 4.53. The molecule has 104 valence electrons. The van der Waals surface area contributed by atoms with Crippen LogP contribution < -0.4 is 0 Å². The van der Waals surface area contributed by atoms with Gasteiger partial charge in [0.05, 0.1) is 5.75 Å². The summed E-state index contributed by atoms with van der Waals surface area (Å²) in [5.74, 6) is 0.893. The second-order valence-electron chi connectivity index (χ2n) is 4.25. The van der Waals surface area contributed by atoms with Crippen LogP contribution in [0.15, 0.2) is 17.3 Å². The fourth-order valence-corrected chi connectivity index (χ4v) is 3.10. The van der Waals surface area contributed by atoms with E-state index in [0.717, 1.165) is 18.6 Å². The van der Waals surface area contributed by atoms with Crippen molar-refractivity contribution in [2.75, 3.05) is 11.5 Å². The average Bonchev–Trinajstić information content (AvgIpc) is 2.84. The standard InChI is InChI=1S/C12H21NO3S2/c1-2-3-4-5-6-7-11-18(14,15)16-13-12-9-8-10-17-12/h8-9H,2-7,10-11H2,1H3. The normalized spacial score (nSPS) is 17.5. The fraction of sp³-hybridized carbons (Fsp3) is 0.750. The first kappa shape index (κ1) is 15.6. The van der Waals surface area contributed by atoms with E-state index in [1.165, 1.54) is 31.0 Å². The molecule has 6 heteroatoms. The van der Waals surface area contributed by atoms with E-state index in [0.29, 0.717) is 11.5 Å². The average molecular weight is 291 g/mol. The topological polar surface area (TPSA) is 55.7 Å². The molecule has 0 amide bonds. The van der Waals surface area contributed by atoms with Gasteiger partial charge in [-0.05, 0) is 12.5 Å². The molecule has 1 heterocycles. The monoisotopic (exact) mass is 291 g/mol. The smallest absolute Gasteiger partial charge is 0.267 e. The summed E-state index contributed by atoms with van der Waals surface area (Å²) in [5, 5.41) is 4.25. The maximum atomic E-state index is 11.5. The van der Waals surface area contributed by atoms with E-state index in [-0.39, 0.29) is 5.75 Å². The molecule has 0 unspecified atom stereocenters. The Morgan fingerprint density at radius 3 is 2.67 bits per heavy atom. The molecule has 0 aromatic carbocycles. The maximum Gasteiger partial charge on any atom is 0.328 e. The molecule has 1 rings (SSSR count). The highest BCUT2D eigenvalue weighted by Crippen LogP contribution is 2.14. The Hall–Kier alpha value is -0.490. The van der Waals surface area contributed by atoms with Crippen molar-refractivity contribution in [3.63, 3.8) is 0 Å². The zero-order valence-corrected chi connectivity index (χ0v) is 12.4. The Balaban J connectivity index is 2.15. The van der Waals surface area contributed by atoms with Crippen LogP contribution in [0.1, 0.15) is 45.4 Å². The number of rotatable bonds is 9. The first-order valence-corrected chi connectivity index (χ1v) is 8.99. The number of unbranched alkanes of at least 4 members (excludes halogenated alkanes) is 5. The largest absolute Gasteiger partial charge is 0.328 e. The van der Waals surface area contributed by atoms with Crippen LogP contribution in [0, 0.1) is 0 Å². The zero-order chi connectivity index (χ0) is 13.3. The van der Waals surface area contributed by atoms with Crippen LogP contribution in [0.4, 0.5) is 0 Å². The Morgan fingerprint density at radius 1 is 1.28 bits per heavy atom. The van der Waals surface area contributed by atoms with Gasteiger partial charge in [-0.15, -0.1) is 0 Å². The summed E-state index contributed by atoms with van der Waals surface area (Å²) in [6, 6.07) is 0. The van der Waals surface area contributed by atoms with Gasteiger partial charge in [0.15, 0.2) is 0 Å². The lowest BCUT2D eigenvalue weighted by Crippen LogP contribution is -2.08. The molecular formula is C12H21NO3S2. The molecule has 0 aromatic rings. The molecule has 0 bridgehead atoms. The first-order valence-electron chi connectivity index (χ1n) is 6.43. The van der Waals surface area contributed by atoms with Gasteiger partial charge in [0, 0.05) is 5.75 Å². The summed E-state index contributed by atoms with van der Waals surface area (Å²) in [4.78, 5) is 0. The highest BCUT2D eigenvalue weighted by atomic mass is 32.2. The predicted octanol–water partition coefficient (Wildman–Crippen LogP) is 3.31. The minimum absolute atomic E-state index is 0.0598. The Bertz CT molecular complexity index is 388. The molecule has 0 aliphatic carbocycles. The van der Waals surface area contributed by atoms with E-state index in [9.17, 15) is 8.42 Å².